The maximum atomic E-state index is 13.4. The number of hydrogen-bond donors (Lipinski definition) is 2. The van der Waals surface area contributed by atoms with Crippen molar-refractivity contribution in [1.29, 1.82) is 0 Å². The molecule has 0 fully saturated rings. The van der Waals surface area contributed by atoms with Crippen LogP contribution in [-0.2, 0) is 14.8 Å². The molecule has 3 aromatic carbocycles. The van der Waals surface area contributed by atoms with E-state index in [0.717, 1.165) is 9.87 Å². The third-order valence-corrected chi connectivity index (χ3v) is 6.74. The number of phenolic OH excluding ortho intramolecular Hbond substituents is 1. The number of phenols is 1. The average molecular weight is 482 g/mol. The summed E-state index contributed by atoms with van der Waals surface area (Å²) >= 11 is 0. The molecule has 8 nitrogen and oxygen atoms in total. The Balaban J connectivity index is 1.82. The minimum absolute atomic E-state index is 0.00165. The first-order chi connectivity index (χ1) is 16.2. The molecule has 0 unspecified atom stereocenters. The van der Waals surface area contributed by atoms with Crippen LogP contribution in [0.2, 0.25) is 0 Å². The molecule has 34 heavy (non-hydrogen) atoms. The Morgan fingerprint density at radius 2 is 1.79 bits per heavy atom. The number of para-hydroxylation sites is 1. The lowest BCUT2D eigenvalue weighted by atomic mass is 10.2. The third-order valence-electron chi connectivity index (χ3n) is 4.97. The van der Waals surface area contributed by atoms with Crippen molar-refractivity contribution in [1.82, 2.24) is 5.43 Å². The molecule has 2 N–H and O–H groups in total. The molecule has 0 heterocycles. The van der Waals surface area contributed by atoms with Crippen LogP contribution in [0.5, 0.6) is 11.5 Å². The first-order valence-corrected chi connectivity index (χ1v) is 12.1. The van der Waals surface area contributed by atoms with Gasteiger partial charge in [0.25, 0.3) is 15.9 Å². The number of benzene rings is 3. The van der Waals surface area contributed by atoms with Gasteiger partial charge in [0.2, 0.25) is 0 Å². The molecule has 0 aliphatic heterocycles. The molecule has 9 heteroatoms. The van der Waals surface area contributed by atoms with Crippen LogP contribution < -0.4 is 14.5 Å². The van der Waals surface area contributed by atoms with Gasteiger partial charge in [-0.25, -0.2) is 13.8 Å². The van der Waals surface area contributed by atoms with E-state index >= 15 is 0 Å². The number of nitrogens with one attached hydrogen (secondary N) is 1. The van der Waals surface area contributed by atoms with Crippen LogP contribution in [0.25, 0.3) is 0 Å². The molecule has 0 spiro atoms. The summed E-state index contributed by atoms with van der Waals surface area (Å²) in [6.45, 7) is 5.37. The summed E-state index contributed by atoms with van der Waals surface area (Å²) in [4.78, 5) is 12.8. The van der Waals surface area contributed by atoms with Gasteiger partial charge in [-0.1, -0.05) is 35.9 Å². The molecule has 3 rings (SSSR count). The number of ether oxygens (including phenoxy) is 1. The number of aromatic hydroxyl groups is 1. The Hall–Kier alpha value is -3.85. The summed E-state index contributed by atoms with van der Waals surface area (Å²) in [5.41, 5.74) is 5.00. The van der Waals surface area contributed by atoms with Crippen LogP contribution in [0.3, 0.4) is 0 Å². The van der Waals surface area contributed by atoms with Crippen LogP contribution in [-0.4, -0.2) is 38.8 Å². The van der Waals surface area contributed by atoms with Gasteiger partial charge in [0.15, 0.2) is 11.5 Å². The monoisotopic (exact) mass is 481 g/mol. The normalized spacial score (nSPS) is 11.4. The maximum absolute atomic E-state index is 13.4. The fourth-order valence-corrected chi connectivity index (χ4v) is 4.69. The highest BCUT2D eigenvalue weighted by Crippen LogP contribution is 2.27. The van der Waals surface area contributed by atoms with Crippen molar-refractivity contribution in [3.8, 4) is 11.5 Å². The Morgan fingerprint density at radius 1 is 1.09 bits per heavy atom. The van der Waals surface area contributed by atoms with Crippen molar-refractivity contribution in [3.63, 3.8) is 0 Å². The van der Waals surface area contributed by atoms with Crippen molar-refractivity contribution in [2.24, 2.45) is 5.10 Å². The third kappa shape index (κ3) is 5.93. The Kier molecular flexibility index (Phi) is 7.91. The SMILES string of the molecule is CCOc1cc(/C=N\NC(=O)CN(c2ccccc2C)S(=O)(=O)c2ccc(C)cc2)ccc1O. The zero-order valence-corrected chi connectivity index (χ0v) is 20.0. The quantitative estimate of drug-likeness (QED) is 0.357. The number of rotatable bonds is 9. The first kappa shape index (κ1) is 24.8. The van der Waals surface area contributed by atoms with E-state index in [2.05, 4.69) is 10.5 Å². The summed E-state index contributed by atoms with van der Waals surface area (Å²) in [6.07, 6.45) is 1.38. The number of aryl methyl sites for hydroxylation is 2. The molecule has 0 saturated heterocycles. The van der Waals surface area contributed by atoms with Crippen LogP contribution in [0.4, 0.5) is 5.69 Å². The average Bonchev–Trinajstić information content (AvgIpc) is 2.80. The number of anilines is 1. The standard InChI is InChI=1S/C25H27N3O5S/c1-4-33-24-15-20(11-14-23(24)29)16-26-27-25(30)17-28(22-8-6-5-7-19(22)3)34(31,32)21-12-9-18(2)10-13-21/h5-16,29H,4,17H2,1-3H3,(H,27,30)/b26-16-. The summed E-state index contributed by atoms with van der Waals surface area (Å²) < 4.78 is 33.3. The van der Waals surface area contributed by atoms with E-state index in [1.807, 2.05) is 6.92 Å². The second kappa shape index (κ2) is 10.8. The molecule has 0 atom stereocenters. The van der Waals surface area contributed by atoms with E-state index in [9.17, 15) is 18.3 Å². The largest absolute Gasteiger partial charge is 0.504 e. The molecule has 0 radical (unpaired) electrons. The van der Waals surface area contributed by atoms with Gasteiger partial charge in [-0.15, -0.1) is 0 Å². The second-order valence-corrected chi connectivity index (χ2v) is 9.43. The van der Waals surface area contributed by atoms with Crippen LogP contribution in [0.15, 0.2) is 76.7 Å². The molecular formula is C25H27N3O5S. The lowest BCUT2D eigenvalue weighted by Gasteiger charge is -2.25. The Morgan fingerprint density at radius 3 is 2.47 bits per heavy atom. The maximum Gasteiger partial charge on any atom is 0.264 e. The Labute approximate surface area is 199 Å². The number of nitrogens with zero attached hydrogens (tertiary/aromatic N) is 2. The zero-order valence-electron chi connectivity index (χ0n) is 19.2. The summed E-state index contributed by atoms with van der Waals surface area (Å²) in [5.74, 6) is -0.315. The lowest BCUT2D eigenvalue weighted by molar-refractivity contribution is -0.119. The van der Waals surface area contributed by atoms with Crippen LogP contribution >= 0.6 is 0 Å². The highest BCUT2D eigenvalue weighted by atomic mass is 32.2. The summed E-state index contributed by atoms with van der Waals surface area (Å²) in [6, 6.07) is 18.1. The number of sulfonamides is 1. The van der Waals surface area contributed by atoms with Gasteiger partial charge in [0.05, 0.1) is 23.4 Å². The predicted octanol–water partition coefficient (Wildman–Crippen LogP) is 3.75. The predicted molar refractivity (Wildman–Crippen MR) is 132 cm³/mol. The Bertz CT molecular complexity index is 1290. The first-order valence-electron chi connectivity index (χ1n) is 10.6. The van der Waals surface area contributed by atoms with Crippen molar-refractivity contribution < 1.29 is 23.1 Å². The highest BCUT2D eigenvalue weighted by molar-refractivity contribution is 7.92. The molecule has 0 aromatic heterocycles. The van der Waals surface area contributed by atoms with Crippen molar-refractivity contribution in [2.45, 2.75) is 25.7 Å². The van der Waals surface area contributed by atoms with E-state index in [0.29, 0.717) is 29.2 Å². The highest BCUT2D eigenvalue weighted by Gasteiger charge is 2.28. The summed E-state index contributed by atoms with van der Waals surface area (Å²) in [7, 11) is -4.01. The molecule has 178 valence electrons. The minimum atomic E-state index is -4.01. The fourth-order valence-electron chi connectivity index (χ4n) is 3.21. The van der Waals surface area contributed by atoms with Crippen molar-refractivity contribution >= 4 is 27.8 Å². The van der Waals surface area contributed by atoms with Gasteiger partial charge in [0.1, 0.15) is 6.54 Å². The lowest BCUT2D eigenvalue weighted by Crippen LogP contribution is -2.40. The molecule has 1 amide bonds. The van der Waals surface area contributed by atoms with Crippen LogP contribution in [0.1, 0.15) is 23.6 Å². The van der Waals surface area contributed by atoms with Crippen molar-refractivity contribution in [2.75, 3.05) is 17.5 Å². The molecular weight excluding hydrogens is 454 g/mol. The van der Waals surface area contributed by atoms with Gasteiger partial charge in [-0.2, -0.15) is 5.10 Å². The van der Waals surface area contributed by atoms with Crippen LogP contribution in [0, 0.1) is 13.8 Å². The topological polar surface area (TPSA) is 108 Å². The molecule has 0 saturated carbocycles. The number of hydrazone groups is 1. The van der Waals surface area contributed by atoms with Gasteiger partial charge >= 0.3 is 0 Å². The van der Waals surface area contributed by atoms with E-state index in [-0.39, 0.29) is 10.6 Å². The second-order valence-electron chi connectivity index (χ2n) is 7.56. The van der Waals surface area contributed by atoms with Gasteiger partial charge in [-0.3, -0.25) is 9.10 Å². The van der Waals surface area contributed by atoms with Gasteiger partial charge < -0.3 is 9.84 Å². The van der Waals surface area contributed by atoms with E-state index in [1.54, 1.807) is 62.4 Å². The smallest absolute Gasteiger partial charge is 0.264 e. The van der Waals surface area contributed by atoms with E-state index < -0.39 is 22.5 Å². The zero-order chi connectivity index (χ0) is 24.7. The number of carbonyl (C=O) groups is 1. The number of amides is 1. The molecule has 3 aromatic rings. The molecule has 0 aliphatic rings. The summed E-state index contributed by atoms with van der Waals surface area (Å²) in [5, 5.41) is 13.7. The number of hydrogen-bond acceptors (Lipinski definition) is 6. The number of carbonyl (C=O) groups excluding carboxylic acids is 1. The van der Waals surface area contributed by atoms with Gasteiger partial charge in [-0.05, 0) is 68.3 Å². The molecule has 0 bridgehead atoms. The molecule has 0 aliphatic carbocycles. The minimum Gasteiger partial charge on any atom is -0.504 e. The van der Waals surface area contributed by atoms with Crippen molar-refractivity contribution in [3.05, 3.63) is 83.4 Å². The van der Waals surface area contributed by atoms with Gasteiger partial charge in [0, 0.05) is 0 Å². The fraction of sp³-hybridized carbons (Fsp3) is 0.200. The van der Waals surface area contributed by atoms with E-state index in [4.69, 9.17) is 4.74 Å². The van der Waals surface area contributed by atoms with E-state index in [1.165, 1.54) is 24.4 Å².